The topological polar surface area (TPSA) is 17.8 Å². The van der Waals surface area contributed by atoms with Crippen molar-refractivity contribution in [3.8, 4) is 0 Å². The summed E-state index contributed by atoms with van der Waals surface area (Å²) in [4.78, 5) is 0. The molecular weight excluding hydrogens is 172 g/mol. The molecule has 1 rings (SSSR count). The van der Waals surface area contributed by atoms with Gasteiger partial charge in [0, 0.05) is 5.69 Å². The van der Waals surface area contributed by atoms with Crippen LogP contribution in [0, 0.1) is 0 Å². The zero-order valence-electron chi connectivity index (χ0n) is 9.88. The van der Waals surface area contributed by atoms with E-state index >= 15 is 0 Å². The Morgan fingerprint density at radius 2 is 1.79 bits per heavy atom. The van der Waals surface area contributed by atoms with Crippen molar-refractivity contribution < 1.29 is 0 Å². The molecule has 0 saturated heterocycles. The molecule has 0 radical (unpaired) electrons. The smallest absolute Gasteiger partial charge is 0.0624 e. The van der Waals surface area contributed by atoms with Crippen molar-refractivity contribution in [1.29, 1.82) is 0 Å². The first-order chi connectivity index (χ1) is 6.76. The Morgan fingerprint density at radius 3 is 2.21 bits per heavy atom. The molecule has 0 amide bonds. The number of nitrogens with zero attached hydrogens (tertiary/aromatic N) is 2. The van der Waals surface area contributed by atoms with Crippen LogP contribution in [-0.2, 0) is 12.8 Å². The average Bonchev–Trinajstić information content (AvgIpc) is 2.63. The molecule has 0 aliphatic rings. The summed E-state index contributed by atoms with van der Waals surface area (Å²) in [5, 5.41) is 4.66. The van der Waals surface area contributed by atoms with Gasteiger partial charge in [-0.05, 0) is 31.7 Å². The largest absolute Gasteiger partial charge is 0.266 e. The minimum atomic E-state index is 0.588. The third-order valence-corrected chi connectivity index (χ3v) is 2.88. The molecule has 0 atom stereocenters. The summed E-state index contributed by atoms with van der Waals surface area (Å²) in [6, 6.07) is 2.84. The lowest BCUT2D eigenvalue weighted by atomic mass is 10.1. The molecule has 0 saturated carbocycles. The van der Waals surface area contributed by atoms with E-state index in [0.29, 0.717) is 6.04 Å². The molecule has 1 aromatic rings. The van der Waals surface area contributed by atoms with Gasteiger partial charge in [-0.15, -0.1) is 0 Å². The highest BCUT2D eigenvalue weighted by Crippen LogP contribution is 2.18. The van der Waals surface area contributed by atoms with E-state index in [1.165, 1.54) is 24.2 Å². The van der Waals surface area contributed by atoms with Crippen LogP contribution >= 0.6 is 0 Å². The van der Waals surface area contributed by atoms with Gasteiger partial charge in [-0.25, -0.2) is 0 Å². The molecule has 0 spiro atoms. The lowest BCUT2D eigenvalue weighted by molar-refractivity contribution is 0.413. The van der Waals surface area contributed by atoms with Gasteiger partial charge < -0.3 is 0 Å². The maximum atomic E-state index is 4.66. The Hall–Kier alpha value is -0.790. The standard InChI is InChI=1S/C12H22N2/c1-5-10-9-12(8-4)14(13-10)11(6-2)7-3/h9,11H,5-8H2,1-4H3. The highest BCUT2D eigenvalue weighted by Gasteiger charge is 2.12. The quantitative estimate of drug-likeness (QED) is 0.702. The summed E-state index contributed by atoms with van der Waals surface area (Å²) in [6.45, 7) is 8.84. The van der Waals surface area contributed by atoms with Crippen LogP contribution < -0.4 is 0 Å². The highest BCUT2D eigenvalue weighted by atomic mass is 15.3. The molecule has 0 aliphatic carbocycles. The molecule has 0 aliphatic heterocycles. The Bertz CT molecular complexity index is 272. The van der Waals surface area contributed by atoms with Gasteiger partial charge in [0.1, 0.15) is 0 Å². The molecule has 1 heterocycles. The molecular formula is C12H22N2. The first-order valence-electron chi connectivity index (χ1n) is 5.83. The van der Waals surface area contributed by atoms with Gasteiger partial charge in [-0.3, -0.25) is 4.68 Å². The van der Waals surface area contributed by atoms with Gasteiger partial charge in [-0.2, -0.15) is 5.10 Å². The zero-order chi connectivity index (χ0) is 10.6. The SMILES string of the molecule is CCc1cc(CC)n(C(CC)CC)n1. The monoisotopic (exact) mass is 194 g/mol. The lowest BCUT2D eigenvalue weighted by Gasteiger charge is -2.15. The van der Waals surface area contributed by atoms with Crippen molar-refractivity contribution in [1.82, 2.24) is 9.78 Å². The first kappa shape index (κ1) is 11.3. The second kappa shape index (κ2) is 5.18. The summed E-state index contributed by atoms with van der Waals surface area (Å²) < 4.78 is 2.23. The predicted molar refractivity (Wildman–Crippen MR) is 60.6 cm³/mol. The molecule has 0 unspecified atom stereocenters. The Labute approximate surface area is 87.3 Å². The zero-order valence-corrected chi connectivity index (χ0v) is 9.88. The fourth-order valence-electron chi connectivity index (χ4n) is 1.88. The molecule has 2 nitrogen and oxygen atoms in total. The molecule has 0 fully saturated rings. The van der Waals surface area contributed by atoms with Crippen molar-refractivity contribution in [3.05, 3.63) is 17.5 Å². The van der Waals surface area contributed by atoms with Crippen molar-refractivity contribution in [2.45, 2.75) is 59.4 Å². The van der Waals surface area contributed by atoms with E-state index in [0.717, 1.165) is 12.8 Å². The second-order valence-electron chi connectivity index (χ2n) is 3.75. The van der Waals surface area contributed by atoms with Gasteiger partial charge >= 0.3 is 0 Å². The summed E-state index contributed by atoms with van der Waals surface area (Å²) in [5.41, 5.74) is 2.62. The third-order valence-electron chi connectivity index (χ3n) is 2.88. The molecule has 14 heavy (non-hydrogen) atoms. The average molecular weight is 194 g/mol. The van der Waals surface area contributed by atoms with Crippen LogP contribution in [-0.4, -0.2) is 9.78 Å². The highest BCUT2D eigenvalue weighted by molar-refractivity contribution is 5.11. The first-order valence-corrected chi connectivity index (χ1v) is 5.83. The number of hydrogen-bond donors (Lipinski definition) is 0. The maximum Gasteiger partial charge on any atom is 0.0624 e. The Morgan fingerprint density at radius 1 is 1.14 bits per heavy atom. The third kappa shape index (κ3) is 2.17. The van der Waals surface area contributed by atoms with Gasteiger partial charge in [0.15, 0.2) is 0 Å². The minimum Gasteiger partial charge on any atom is -0.266 e. The van der Waals surface area contributed by atoms with Crippen LogP contribution in [0.2, 0.25) is 0 Å². The molecule has 0 bridgehead atoms. The van der Waals surface area contributed by atoms with E-state index in [1.54, 1.807) is 0 Å². The number of aryl methyl sites for hydroxylation is 2. The fraction of sp³-hybridized carbons (Fsp3) is 0.750. The van der Waals surface area contributed by atoms with Crippen molar-refractivity contribution in [3.63, 3.8) is 0 Å². The maximum absolute atomic E-state index is 4.66. The fourth-order valence-corrected chi connectivity index (χ4v) is 1.88. The molecule has 0 N–H and O–H groups in total. The summed E-state index contributed by atoms with van der Waals surface area (Å²) in [5.74, 6) is 0. The van der Waals surface area contributed by atoms with Crippen LogP contribution in [0.15, 0.2) is 6.07 Å². The summed E-state index contributed by atoms with van der Waals surface area (Å²) in [6.07, 6.45) is 4.48. The van der Waals surface area contributed by atoms with Crippen LogP contribution in [0.3, 0.4) is 0 Å². The molecule has 2 heteroatoms. The van der Waals surface area contributed by atoms with Gasteiger partial charge in [-0.1, -0.05) is 27.7 Å². The Balaban J connectivity index is 2.98. The van der Waals surface area contributed by atoms with Crippen molar-refractivity contribution >= 4 is 0 Å². The molecule has 1 aromatic heterocycles. The van der Waals surface area contributed by atoms with Gasteiger partial charge in [0.05, 0.1) is 11.7 Å². The summed E-state index contributed by atoms with van der Waals surface area (Å²) >= 11 is 0. The van der Waals surface area contributed by atoms with E-state index in [9.17, 15) is 0 Å². The summed E-state index contributed by atoms with van der Waals surface area (Å²) in [7, 11) is 0. The van der Waals surface area contributed by atoms with Crippen LogP contribution in [0.4, 0.5) is 0 Å². The normalized spacial score (nSPS) is 11.2. The lowest BCUT2D eigenvalue weighted by Crippen LogP contribution is -2.11. The van der Waals surface area contributed by atoms with E-state index < -0.39 is 0 Å². The van der Waals surface area contributed by atoms with E-state index in [1.807, 2.05) is 0 Å². The van der Waals surface area contributed by atoms with Gasteiger partial charge in [0.25, 0.3) is 0 Å². The van der Waals surface area contributed by atoms with Crippen LogP contribution in [0.1, 0.15) is 58.0 Å². The molecule has 0 aromatic carbocycles. The number of hydrogen-bond acceptors (Lipinski definition) is 1. The van der Waals surface area contributed by atoms with E-state index in [2.05, 4.69) is 43.5 Å². The molecule has 80 valence electrons. The predicted octanol–water partition coefficient (Wildman–Crippen LogP) is 3.37. The Kier molecular flexibility index (Phi) is 4.18. The minimum absolute atomic E-state index is 0.588. The van der Waals surface area contributed by atoms with Crippen LogP contribution in [0.25, 0.3) is 0 Å². The van der Waals surface area contributed by atoms with Crippen LogP contribution in [0.5, 0.6) is 0 Å². The van der Waals surface area contributed by atoms with E-state index in [4.69, 9.17) is 0 Å². The van der Waals surface area contributed by atoms with Crippen molar-refractivity contribution in [2.75, 3.05) is 0 Å². The van der Waals surface area contributed by atoms with Crippen molar-refractivity contribution in [2.24, 2.45) is 0 Å². The number of aromatic nitrogens is 2. The number of rotatable bonds is 5. The second-order valence-corrected chi connectivity index (χ2v) is 3.75. The van der Waals surface area contributed by atoms with E-state index in [-0.39, 0.29) is 0 Å². The van der Waals surface area contributed by atoms with Gasteiger partial charge in [0.2, 0.25) is 0 Å².